The molecule has 0 radical (unpaired) electrons. The van der Waals surface area contributed by atoms with E-state index < -0.39 is 7.81 Å². The molecule has 8 heteroatoms. The van der Waals surface area contributed by atoms with Crippen LogP contribution >= 0.6 is 7.81 Å². The predicted octanol–water partition coefficient (Wildman–Crippen LogP) is 4.35. The van der Waals surface area contributed by atoms with E-state index in [1.54, 1.807) is 14.0 Å². The van der Waals surface area contributed by atoms with Crippen molar-refractivity contribution in [3.05, 3.63) is 4.85 Å². The Kier molecular flexibility index (Phi) is 3.01. The van der Waals surface area contributed by atoms with Crippen LogP contribution in [-0.2, 0) is 0 Å². The molecule has 0 rings (SSSR count). The first-order chi connectivity index (χ1) is 4.36. The molecular weight excluding hydrogens is 195 g/mol. The number of rotatable bonds is 0. The molecule has 0 amide bonds. The Morgan fingerprint density at radius 1 is 1.00 bits per heavy atom. The van der Waals surface area contributed by atoms with E-state index in [4.69, 9.17) is 0 Å². The van der Waals surface area contributed by atoms with Gasteiger partial charge in [-0.25, -0.2) is 0 Å². The van der Waals surface area contributed by atoms with Crippen LogP contribution in [0.3, 0.4) is 0 Å². The van der Waals surface area contributed by atoms with Gasteiger partial charge in [-0.3, -0.25) is 0 Å². The van der Waals surface area contributed by atoms with Gasteiger partial charge in [-0.2, -0.15) is 0 Å². The summed E-state index contributed by atoms with van der Waals surface area (Å²) in [6, 6.07) is 2.56. The molecule has 0 aromatic heterocycles. The Bertz CT molecular complexity index is 159. The minimum absolute atomic E-state index is 1.69. The SMILES string of the molecule is CC#[N+]C.F[P-](F)(F)(F)(F)F. The van der Waals surface area contributed by atoms with Gasteiger partial charge in [-0.15, -0.1) is 0 Å². The van der Waals surface area contributed by atoms with E-state index in [1.165, 1.54) is 0 Å². The fraction of sp³-hybridized carbons (Fsp3) is 0.667. The van der Waals surface area contributed by atoms with Crippen molar-refractivity contribution in [2.24, 2.45) is 0 Å². The normalized spacial score (nSPS) is 16.0. The monoisotopic (exact) mass is 201 g/mol. The summed E-state index contributed by atoms with van der Waals surface area (Å²) in [4.78, 5) is 3.49. The van der Waals surface area contributed by atoms with Gasteiger partial charge < -0.3 is 0 Å². The molecule has 0 aliphatic carbocycles. The van der Waals surface area contributed by atoms with Gasteiger partial charge in [0, 0.05) is 0 Å². The molecule has 11 heavy (non-hydrogen) atoms. The summed E-state index contributed by atoms with van der Waals surface area (Å²) in [6.07, 6.45) is 0. The Morgan fingerprint density at radius 2 is 1.09 bits per heavy atom. The summed E-state index contributed by atoms with van der Waals surface area (Å²) in [6.45, 7) is 1.76. The minimum atomic E-state index is -10.7. The van der Waals surface area contributed by atoms with Crippen molar-refractivity contribution in [2.45, 2.75) is 6.92 Å². The summed E-state index contributed by atoms with van der Waals surface area (Å²) >= 11 is 0. The third-order valence-corrected chi connectivity index (χ3v) is 0.224. The van der Waals surface area contributed by atoms with Crippen LogP contribution in [0, 0.1) is 6.07 Å². The maximum absolute atomic E-state index is 10.7. The van der Waals surface area contributed by atoms with Crippen molar-refractivity contribution in [1.82, 2.24) is 0 Å². The third kappa shape index (κ3) is 2140. The predicted molar refractivity (Wildman–Crippen MR) is 32.4 cm³/mol. The molecule has 0 bridgehead atoms. The molecule has 0 saturated heterocycles. The first kappa shape index (κ1) is 13.1. The zero-order chi connectivity index (χ0) is 9.82. The Morgan fingerprint density at radius 3 is 1.09 bits per heavy atom. The first-order valence-corrected chi connectivity index (χ1v) is 4.21. The summed E-state index contributed by atoms with van der Waals surface area (Å²) < 4.78 is 59.2. The van der Waals surface area contributed by atoms with Crippen molar-refractivity contribution in [1.29, 1.82) is 0 Å². The van der Waals surface area contributed by atoms with Crippen molar-refractivity contribution >= 4 is 7.81 Å². The van der Waals surface area contributed by atoms with Gasteiger partial charge in [-0.05, 0) is 0 Å². The third-order valence-electron chi connectivity index (χ3n) is 0.224. The van der Waals surface area contributed by atoms with Crippen LogP contribution in [-0.4, -0.2) is 7.05 Å². The molecule has 1 nitrogen and oxygen atoms in total. The van der Waals surface area contributed by atoms with E-state index in [1.807, 2.05) is 0 Å². The molecule has 0 saturated carbocycles. The topological polar surface area (TPSA) is 4.36 Å². The van der Waals surface area contributed by atoms with Crippen molar-refractivity contribution in [3.8, 4) is 6.07 Å². The van der Waals surface area contributed by atoms with Gasteiger partial charge >= 0.3 is 33.0 Å². The van der Waals surface area contributed by atoms with Crippen LogP contribution < -0.4 is 0 Å². The Labute approximate surface area is 59.1 Å². The van der Waals surface area contributed by atoms with Crippen LogP contribution in [0.25, 0.3) is 4.85 Å². The quantitative estimate of drug-likeness (QED) is 0.405. The van der Waals surface area contributed by atoms with E-state index >= 15 is 0 Å². The van der Waals surface area contributed by atoms with E-state index in [9.17, 15) is 25.2 Å². The second kappa shape index (κ2) is 2.52. The van der Waals surface area contributed by atoms with E-state index in [0.717, 1.165) is 0 Å². The van der Waals surface area contributed by atoms with E-state index in [2.05, 4.69) is 10.9 Å². The molecule has 70 valence electrons. The molecule has 0 atom stereocenters. The van der Waals surface area contributed by atoms with Crippen LogP contribution in [0.15, 0.2) is 0 Å². The molecule has 0 N–H and O–H groups in total. The molecule has 0 aliphatic heterocycles. The van der Waals surface area contributed by atoms with Gasteiger partial charge in [0.15, 0.2) is 0 Å². The molecule has 0 aliphatic rings. The summed E-state index contributed by atoms with van der Waals surface area (Å²) in [5.41, 5.74) is 0. The molecule has 0 spiro atoms. The number of nitrogens with zero attached hydrogens (tertiary/aromatic N) is 1. The molecule has 0 fully saturated rings. The van der Waals surface area contributed by atoms with Crippen molar-refractivity contribution in [3.63, 3.8) is 0 Å². The van der Waals surface area contributed by atoms with E-state index in [-0.39, 0.29) is 0 Å². The van der Waals surface area contributed by atoms with Gasteiger partial charge in [-0.1, -0.05) is 4.85 Å². The number of halogens is 6. The molecule has 0 heterocycles. The Balaban J connectivity index is 0. The number of hydrogen-bond acceptors (Lipinski definition) is 0. The average Bonchev–Trinajstić information content (AvgIpc) is 1.57. The maximum atomic E-state index is 9.87. The van der Waals surface area contributed by atoms with Crippen LogP contribution in [0.4, 0.5) is 25.2 Å². The molecule has 0 aromatic carbocycles. The van der Waals surface area contributed by atoms with Gasteiger partial charge in [0.05, 0.1) is 6.92 Å². The van der Waals surface area contributed by atoms with Crippen LogP contribution in [0.2, 0.25) is 0 Å². The van der Waals surface area contributed by atoms with Gasteiger partial charge in [0.25, 0.3) is 13.1 Å². The van der Waals surface area contributed by atoms with Crippen LogP contribution in [0.1, 0.15) is 6.92 Å². The van der Waals surface area contributed by atoms with Gasteiger partial charge in [0.2, 0.25) is 0 Å². The fourth-order valence-electron chi connectivity index (χ4n) is 0. The van der Waals surface area contributed by atoms with Gasteiger partial charge in [0.1, 0.15) is 0 Å². The zero-order valence-electron chi connectivity index (χ0n) is 5.66. The van der Waals surface area contributed by atoms with E-state index in [0.29, 0.717) is 0 Å². The van der Waals surface area contributed by atoms with Crippen molar-refractivity contribution in [2.75, 3.05) is 7.05 Å². The summed E-state index contributed by atoms with van der Waals surface area (Å²) in [5, 5.41) is 0. The second-order valence-electron chi connectivity index (χ2n) is 1.41. The second-order valence-corrected chi connectivity index (χ2v) is 3.32. The van der Waals surface area contributed by atoms with Crippen molar-refractivity contribution < 1.29 is 25.2 Å². The molecule has 0 unspecified atom stereocenters. The summed E-state index contributed by atoms with van der Waals surface area (Å²) in [5.74, 6) is 0. The average molecular weight is 201 g/mol. The molecule has 0 aromatic rings. The summed E-state index contributed by atoms with van der Waals surface area (Å²) in [7, 11) is -8.96. The number of hydrogen-bond donors (Lipinski definition) is 0. The standard InChI is InChI=1S/C3H6N.F6P/c1-3-4-2;1-7(2,3,4,5)6/h1-2H3;/q+1;-1. The molecular formula is C3H6F6NP. The first-order valence-electron chi connectivity index (χ1n) is 2.19. The zero-order valence-corrected chi connectivity index (χ0v) is 6.56. The Hall–Kier alpha value is -0.500. The fourth-order valence-corrected chi connectivity index (χ4v) is 0. The van der Waals surface area contributed by atoms with Crippen LogP contribution in [0.5, 0.6) is 0 Å².